The summed E-state index contributed by atoms with van der Waals surface area (Å²) in [7, 11) is 0. The molecule has 2 fully saturated rings. The zero-order valence-electron chi connectivity index (χ0n) is 16.3. The van der Waals surface area contributed by atoms with E-state index in [9.17, 15) is 14.4 Å². The number of benzene rings is 1. The quantitative estimate of drug-likeness (QED) is 0.756. The molecular weight excluding hydrogens is 356 g/mol. The van der Waals surface area contributed by atoms with Gasteiger partial charge in [-0.3, -0.25) is 24.6 Å². The van der Waals surface area contributed by atoms with Crippen molar-refractivity contribution in [2.24, 2.45) is 11.7 Å². The fourth-order valence-electron chi connectivity index (χ4n) is 4.68. The molecule has 7 nitrogen and oxygen atoms in total. The van der Waals surface area contributed by atoms with Crippen LogP contribution >= 0.6 is 0 Å². The van der Waals surface area contributed by atoms with Gasteiger partial charge >= 0.3 is 0 Å². The summed E-state index contributed by atoms with van der Waals surface area (Å²) >= 11 is 0. The number of carbonyl (C=O) groups excluding carboxylic acids is 3. The molecule has 2 atom stereocenters. The lowest BCUT2D eigenvalue weighted by Crippen LogP contribution is -2.52. The molecular formula is C21H28N4O3. The zero-order chi connectivity index (χ0) is 19.8. The first kappa shape index (κ1) is 19.1. The van der Waals surface area contributed by atoms with E-state index < -0.39 is 6.04 Å². The highest BCUT2D eigenvalue weighted by Gasteiger charge is 2.39. The highest BCUT2D eigenvalue weighted by molar-refractivity contribution is 6.05. The Bertz CT molecular complexity index is 799. The van der Waals surface area contributed by atoms with Crippen molar-refractivity contribution < 1.29 is 14.4 Å². The van der Waals surface area contributed by atoms with E-state index in [4.69, 9.17) is 5.73 Å². The molecule has 7 heteroatoms. The molecule has 28 heavy (non-hydrogen) atoms. The van der Waals surface area contributed by atoms with Crippen LogP contribution in [0.4, 0.5) is 0 Å². The summed E-state index contributed by atoms with van der Waals surface area (Å²) in [6.07, 6.45) is 2.88. The Labute approximate surface area is 165 Å². The molecule has 3 aliphatic heterocycles. The predicted octanol–water partition coefficient (Wildman–Crippen LogP) is 1.01. The summed E-state index contributed by atoms with van der Waals surface area (Å²) < 4.78 is 0. The van der Waals surface area contributed by atoms with Gasteiger partial charge in [0.2, 0.25) is 11.8 Å². The number of likely N-dealkylation sites (tertiary alicyclic amines) is 1. The number of rotatable bonds is 4. The summed E-state index contributed by atoms with van der Waals surface area (Å²) in [5.74, 6) is -0.150. The minimum Gasteiger partial charge on any atom is -0.328 e. The average molecular weight is 384 g/mol. The maximum absolute atomic E-state index is 12.9. The SMILES string of the molecule is C[C@@H](N)C1CCN(Cc2cccc3c2CN(C2CCC(=O)NC2=O)C3=O)CC1. The van der Waals surface area contributed by atoms with Crippen LogP contribution < -0.4 is 11.1 Å². The number of nitrogens with two attached hydrogens (primary N) is 1. The van der Waals surface area contributed by atoms with Crippen LogP contribution in [0.3, 0.4) is 0 Å². The fraction of sp³-hybridized carbons (Fsp3) is 0.571. The third-order valence-corrected chi connectivity index (χ3v) is 6.45. The van der Waals surface area contributed by atoms with E-state index in [1.165, 1.54) is 0 Å². The van der Waals surface area contributed by atoms with Crippen molar-refractivity contribution >= 4 is 17.7 Å². The first-order valence-electron chi connectivity index (χ1n) is 10.2. The van der Waals surface area contributed by atoms with Crippen LogP contribution in [0.5, 0.6) is 0 Å². The maximum Gasteiger partial charge on any atom is 0.255 e. The van der Waals surface area contributed by atoms with Crippen LogP contribution in [0.15, 0.2) is 18.2 Å². The van der Waals surface area contributed by atoms with Crippen molar-refractivity contribution in [2.45, 2.75) is 57.8 Å². The molecule has 0 spiro atoms. The van der Waals surface area contributed by atoms with Crippen LogP contribution in [0.25, 0.3) is 0 Å². The van der Waals surface area contributed by atoms with Gasteiger partial charge in [-0.2, -0.15) is 0 Å². The monoisotopic (exact) mass is 384 g/mol. The number of amides is 3. The van der Waals surface area contributed by atoms with E-state index in [-0.39, 0.29) is 30.2 Å². The third kappa shape index (κ3) is 3.56. The van der Waals surface area contributed by atoms with E-state index in [2.05, 4.69) is 23.2 Å². The van der Waals surface area contributed by atoms with Crippen molar-refractivity contribution in [3.05, 3.63) is 34.9 Å². The van der Waals surface area contributed by atoms with Crippen molar-refractivity contribution in [1.82, 2.24) is 15.1 Å². The van der Waals surface area contributed by atoms with Crippen LogP contribution in [-0.2, 0) is 22.7 Å². The Morgan fingerprint density at radius 3 is 2.61 bits per heavy atom. The summed E-state index contributed by atoms with van der Waals surface area (Å²) in [5.41, 5.74) is 8.91. The average Bonchev–Trinajstić information content (AvgIpc) is 3.00. The van der Waals surface area contributed by atoms with Gasteiger partial charge in [0.25, 0.3) is 5.91 Å². The minimum atomic E-state index is -0.563. The number of carbonyl (C=O) groups is 3. The maximum atomic E-state index is 12.9. The lowest BCUT2D eigenvalue weighted by Gasteiger charge is -2.34. The predicted molar refractivity (Wildman–Crippen MR) is 104 cm³/mol. The molecule has 1 aromatic rings. The normalized spacial score (nSPS) is 25.0. The van der Waals surface area contributed by atoms with Gasteiger partial charge in [0.05, 0.1) is 0 Å². The lowest BCUT2D eigenvalue weighted by atomic mass is 9.90. The molecule has 3 N–H and O–H groups in total. The summed E-state index contributed by atoms with van der Waals surface area (Å²) in [5, 5.41) is 2.36. The van der Waals surface area contributed by atoms with Crippen molar-refractivity contribution in [2.75, 3.05) is 13.1 Å². The molecule has 0 bridgehead atoms. The largest absolute Gasteiger partial charge is 0.328 e. The molecule has 1 unspecified atom stereocenters. The van der Waals surface area contributed by atoms with Crippen molar-refractivity contribution in [1.29, 1.82) is 0 Å². The number of hydrogen-bond donors (Lipinski definition) is 2. The fourth-order valence-corrected chi connectivity index (χ4v) is 4.68. The van der Waals surface area contributed by atoms with E-state index in [0.29, 0.717) is 24.4 Å². The topological polar surface area (TPSA) is 95.7 Å². The Morgan fingerprint density at radius 2 is 1.93 bits per heavy atom. The van der Waals surface area contributed by atoms with Gasteiger partial charge < -0.3 is 10.6 Å². The second-order valence-corrected chi connectivity index (χ2v) is 8.32. The smallest absolute Gasteiger partial charge is 0.255 e. The molecule has 1 aromatic carbocycles. The van der Waals surface area contributed by atoms with Gasteiger partial charge in [-0.25, -0.2) is 0 Å². The molecule has 3 aliphatic rings. The second kappa shape index (κ2) is 7.64. The Morgan fingerprint density at radius 1 is 1.18 bits per heavy atom. The number of fused-ring (bicyclic) bond motifs is 1. The van der Waals surface area contributed by atoms with Gasteiger partial charge in [-0.1, -0.05) is 12.1 Å². The molecule has 2 saturated heterocycles. The van der Waals surface area contributed by atoms with E-state index >= 15 is 0 Å². The van der Waals surface area contributed by atoms with Gasteiger partial charge in [-0.05, 0) is 62.4 Å². The standard InChI is InChI=1S/C21H28N4O3/c1-13(22)14-7-9-24(10-8-14)11-15-3-2-4-16-17(15)12-25(21(16)28)18-5-6-19(26)23-20(18)27/h2-4,13-14,18H,5-12,22H2,1H3,(H,23,26,27)/t13-,18?/m1/s1. The van der Waals surface area contributed by atoms with Gasteiger partial charge in [0.1, 0.15) is 6.04 Å². The number of nitrogens with one attached hydrogen (secondary N) is 1. The minimum absolute atomic E-state index is 0.109. The first-order valence-corrected chi connectivity index (χ1v) is 10.2. The highest BCUT2D eigenvalue weighted by Crippen LogP contribution is 2.31. The molecule has 0 aliphatic carbocycles. The molecule has 0 saturated carbocycles. The van der Waals surface area contributed by atoms with Gasteiger partial charge in [0, 0.05) is 31.1 Å². The zero-order valence-corrected chi connectivity index (χ0v) is 16.3. The second-order valence-electron chi connectivity index (χ2n) is 8.32. The Hall–Kier alpha value is -2.25. The molecule has 0 radical (unpaired) electrons. The number of piperidine rings is 2. The Kier molecular flexibility index (Phi) is 5.21. The van der Waals surface area contributed by atoms with E-state index in [1.807, 2.05) is 12.1 Å². The first-order chi connectivity index (χ1) is 13.4. The summed E-state index contributed by atoms with van der Waals surface area (Å²) in [4.78, 5) is 40.6. The summed E-state index contributed by atoms with van der Waals surface area (Å²) in [6, 6.07) is 5.53. The summed E-state index contributed by atoms with van der Waals surface area (Å²) in [6.45, 7) is 5.36. The van der Waals surface area contributed by atoms with Crippen LogP contribution in [0, 0.1) is 5.92 Å². The molecule has 4 rings (SSSR count). The molecule has 3 heterocycles. The Balaban J connectivity index is 1.47. The third-order valence-electron chi connectivity index (χ3n) is 6.45. The van der Waals surface area contributed by atoms with Crippen LogP contribution in [0.2, 0.25) is 0 Å². The van der Waals surface area contributed by atoms with Gasteiger partial charge in [-0.15, -0.1) is 0 Å². The van der Waals surface area contributed by atoms with Crippen LogP contribution in [-0.4, -0.2) is 52.7 Å². The van der Waals surface area contributed by atoms with E-state index in [1.54, 1.807) is 4.90 Å². The van der Waals surface area contributed by atoms with Crippen molar-refractivity contribution in [3.8, 4) is 0 Å². The van der Waals surface area contributed by atoms with Crippen molar-refractivity contribution in [3.63, 3.8) is 0 Å². The molecule has 150 valence electrons. The number of imide groups is 1. The van der Waals surface area contributed by atoms with E-state index in [0.717, 1.165) is 43.6 Å². The lowest BCUT2D eigenvalue weighted by molar-refractivity contribution is -0.136. The molecule has 3 amide bonds. The van der Waals surface area contributed by atoms with Gasteiger partial charge in [0.15, 0.2) is 0 Å². The number of nitrogens with zero attached hydrogens (tertiary/aromatic N) is 2. The number of hydrogen-bond acceptors (Lipinski definition) is 5. The molecule has 0 aromatic heterocycles. The highest BCUT2D eigenvalue weighted by atomic mass is 16.2. The van der Waals surface area contributed by atoms with Crippen LogP contribution in [0.1, 0.15) is 54.1 Å².